The Morgan fingerprint density at radius 2 is 1.63 bits per heavy atom. The third kappa shape index (κ3) is 5.31. The summed E-state index contributed by atoms with van der Waals surface area (Å²) in [5.74, 6) is -1.38. The van der Waals surface area contributed by atoms with Gasteiger partial charge < -0.3 is 10.1 Å². The zero-order valence-electron chi connectivity index (χ0n) is 16.8. The topological polar surface area (TPSA) is 92.8 Å². The number of carbonyl (C=O) groups is 4. The molecule has 3 rings (SSSR count). The van der Waals surface area contributed by atoms with Crippen molar-refractivity contribution >= 4 is 29.4 Å². The van der Waals surface area contributed by atoms with Crippen molar-refractivity contribution in [3.05, 3.63) is 65.2 Å². The van der Waals surface area contributed by atoms with Gasteiger partial charge in [-0.15, -0.1) is 0 Å². The third-order valence-electron chi connectivity index (χ3n) is 4.81. The maximum Gasteiger partial charge on any atom is 0.306 e. The van der Waals surface area contributed by atoms with Crippen LogP contribution in [0.4, 0.5) is 5.69 Å². The van der Waals surface area contributed by atoms with Gasteiger partial charge in [-0.1, -0.05) is 30.7 Å². The highest BCUT2D eigenvalue weighted by Crippen LogP contribution is 2.22. The van der Waals surface area contributed by atoms with Crippen molar-refractivity contribution in [1.82, 2.24) is 4.90 Å². The summed E-state index contributed by atoms with van der Waals surface area (Å²) in [5.41, 5.74) is 2.56. The van der Waals surface area contributed by atoms with E-state index < -0.39 is 5.97 Å². The van der Waals surface area contributed by atoms with Crippen molar-refractivity contribution < 1.29 is 23.9 Å². The van der Waals surface area contributed by atoms with Gasteiger partial charge in [-0.2, -0.15) is 0 Å². The van der Waals surface area contributed by atoms with E-state index in [1.165, 1.54) is 4.90 Å². The van der Waals surface area contributed by atoms with Crippen LogP contribution in [-0.2, 0) is 14.3 Å². The van der Waals surface area contributed by atoms with E-state index in [2.05, 4.69) is 5.32 Å². The molecule has 0 saturated heterocycles. The van der Waals surface area contributed by atoms with Crippen LogP contribution in [0.2, 0.25) is 0 Å². The van der Waals surface area contributed by atoms with Gasteiger partial charge in [0.05, 0.1) is 11.1 Å². The van der Waals surface area contributed by atoms with E-state index in [0.29, 0.717) is 42.6 Å². The highest BCUT2D eigenvalue weighted by molar-refractivity contribution is 6.21. The molecule has 0 spiro atoms. The Labute approximate surface area is 175 Å². The molecule has 0 unspecified atom stereocenters. The molecule has 7 nitrogen and oxygen atoms in total. The van der Waals surface area contributed by atoms with Crippen LogP contribution in [-0.4, -0.2) is 41.7 Å². The summed E-state index contributed by atoms with van der Waals surface area (Å²) in [6.45, 7) is 1.91. The molecule has 0 aliphatic carbocycles. The maximum atomic E-state index is 12.3. The number of benzene rings is 2. The predicted octanol–water partition coefficient (Wildman–Crippen LogP) is 3.33. The summed E-state index contributed by atoms with van der Waals surface area (Å²) in [7, 11) is 0. The second-order valence-corrected chi connectivity index (χ2v) is 7.20. The molecule has 0 atom stereocenters. The molecule has 1 N–H and O–H groups in total. The number of unbranched alkanes of at least 4 members (excludes halogenated alkanes) is 2. The molecule has 0 bridgehead atoms. The number of imide groups is 1. The van der Waals surface area contributed by atoms with E-state index in [4.69, 9.17) is 4.74 Å². The summed E-state index contributed by atoms with van der Waals surface area (Å²) < 4.78 is 4.99. The summed E-state index contributed by atoms with van der Waals surface area (Å²) in [5, 5.41) is 2.68. The minimum absolute atomic E-state index is 0.180. The van der Waals surface area contributed by atoms with E-state index in [1.807, 2.05) is 25.1 Å². The molecule has 0 aromatic heterocycles. The molecule has 2 aromatic rings. The third-order valence-corrected chi connectivity index (χ3v) is 4.81. The minimum atomic E-state index is -0.449. The molecule has 1 aliphatic rings. The molecule has 1 aliphatic heterocycles. The molecular formula is C23H24N2O5. The Hall–Kier alpha value is -3.48. The lowest BCUT2D eigenvalue weighted by molar-refractivity contribution is -0.147. The highest BCUT2D eigenvalue weighted by atomic mass is 16.5. The smallest absolute Gasteiger partial charge is 0.306 e. The van der Waals surface area contributed by atoms with E-state index in [0.717, 1.165) is 5.56 Å². The second-order valence-electron chi connectivity index (χ2n) is 7.20. The molecule has 156 valence electrons. The average molecular weight is 408 g/mol. The first-order chi connectivity index (χ1) is 14.5. The van der Waals surface area contributed by atoms with Crippen molar-refractivity contribution in [2.75, 3.05) is 18.5 Å². The number of nitrogens with zero attached hydrogens (tertiary/aromatic N) is 1. The number of anilines is 1. The predicted molar refractivity (Wildman–Crippen MR) is 111 cm³/mol. The zero-order valence-corrected chi connectivity index (χ0v) is 16.8. The van der Waals surface area contributed by atoms with Crippen molar-refractivity contribution in [2.45, 2.75) is 32.6 Å². The summed E-state index contributed by atoms with van der Waals surface area (Å²) in [6, 6.07) is 14.1. The van der Waals surface area contributed by atoms with Crippen LogP contribution in [0.3, 0.4) is 0 Å². The fourth-order valence-corrected chi connectivity index (χ4v) is 3.30. The number of esters is 1. The molecule has 3 amide bonds. The lowest BCUT2D eigenvalue weighted by Gasteiger charge is -2.13. The zero-order chi connectivity index (χ0) is 21.5. The Morgan fingerprint density at radius 1 is 0.933 bits per heavy atom. The molecule has 2 aromatic carbocycles. The van der Waals surface area contributed by atoms with Crippen LogP contribution >= 0.6 is 0 Å². The monoisotopic (exact) mass is 408 g/mol. The van der Waals surface area contributed by atoms with Crippen LogP contribution in [0.5, 0.6) is 0 Å². The molecule has 1 heterocycles. The Kier molecular flexibility index (Phi) is 6.95. The Morgan fingerprint density at radius 3 is 2.30 bits per heavy atom. The first-order valence-electron chi connectivity index (χ1n) is 9.93. The molecular weight excluding hydrogens is 384 g/mol. The van der Waals surface area contributed by atoms with Gasteiger partial charge in [0.2, 0.25) is 0 Å². The summed E-state index contributed by atoms with van der Waals surface area (Å²) in [4.78, 5) is 49.4. The van der Waals surface area contributed by atoms with Crippen molar-refractivity contribution in [3.8, 4) is 0 Å². The van der Waals surface area contributed by atoms with Crippen LogP contribution in [0.25, 0.3) is 0 Å². The van der Waals surface area contributed by atoms with Gasteiger partial charge in [0.1, 0.15) is 0 Å². The van der Waals surface area contributed by atoms with E-state index in [1.54, 1.807) is 30.3 Å². The van der Waals surface area contributed by atoms with Gasteiger partial charge in [-0.25, -0.2) is 0 Å². The summed E-state index contributed by atoms with van der Waals surface area (Å²) >= 11 is 0. The van der Waals surface area contributed by atoms with Crippen molar-refractivity contribution in [1.29, 1.82) is 0 Å². The fourth-order valence-electron chi connectivity index (χ4n) is 3.30. The lowest BCUT2D eigenvalue weighted by Crippen LogP contribution is -2.30. The average Bonchev–Trinajstić information content (AvgIpc) is 2.97. The van der Waals surface area contributed by atoms with Crippen LogP contribution in [0.15, 0.2) is 48.5 Å². The maximum absolute atomic E-state index is 12.3. The van der Waals surface area contributed by atoms with Gasteiger partial charge in [-0.05, 0) is 49.6 Å². The molecule has 0 fully saturated rings. The number of carbonyl (C=O) groups excluding carboxylic acids is 4. The van der Waals surface area contributed by atoms with E-state index >= 15 is 0 Å². The fraction of sp³-hybridized carbons (Fsp3) is 0.304. The van der Waals surface area contributed by atoms with Crippen LogP contribution in [0.1, 0.15) is 52.0 Å². The van der Waals surface area contributed by atoms with Gasteiger partial charge in [0, 0.05) is 18.7 Å². The summed E-state index contributed by atoms with van der Waals surface area (Å²) in [6.07, 6.45) is 2.01. The number of hydrogen-bond donors (Lipinski definition) is 1. The molecule has 0 radical (unpaired) electrons. The van der Waals surface area contributed by atoms with Gasteiger partial charge in [0.25, 0.3) is 17.7 Å². The second kappa shape index (κ2) is 9.82. The van der Waals surface area contributed by atoms with E-state index in [9.17, 15) is 19.2 Å². The normalized spacial score (nSPS) is 12.6. The largest absolute Gasteiger partial charge is 0.456 e. The first-order valence-corrected chi connectivity index (χ1v) is 9.93. The highest BCUT2D eigenvalue weighted by Gasteiger charge is 2.34. The number of aryl methyl sites for hydroxylation is 1. The van der Waals surface area contributed by atoms with Crippen molar-refractivity contribution in [2.24, 2.45) is 0 Å². The number of ether oxygens (including phenoxy) is 1. The Balaban J connectivity index is 1.30. The number of hydrogen-bond acceptors (Lipinski definition) is 5. The number of fused-ring (bicyclic) bond motifs is 1. The lowest BCUT2D eigenvalue weighted by atomic mass is 10.1. The SMILES string of the molecule is Cc1cccc(NC(=O)COC(=O)CCCCCN2C(=O)c3ccccc3C2=O)c1. The van der Waals surface area contributed by atoms with Crippen LogP contribution in [0, 0.1) is 6.92 Å². The standard InChI is InChI=1S/C23H24N2O5/c1-16-8-7-9-17(14-16)24-20(26)15-30-21(27)12-3-2-6-13-25-22(28)18-10-4-5-11-19(18)23(25)29/h4-5,7-11,14H,2-3,6,12-13,15H2,1H3,(H,24,26). The molecule has 0 saturated carbocycles. The number of rotatable bonds is 9. The quantitative estimate of drug-likeness (QED) is 0.390. The molecule has 30 heavy (non-hydrogen) atoms. The number of amides is 3. The van der Waals surface area contributed by atoms with Crippen LogP contribution < -0.4 is 5.32 Å². The van der Waals surface area contributed by atoms with Gasteiger partial charge >= 0.3 is 5.97 Å². The van der Waals surface area contributed by atoms with E-state index in [-0.39, 0.29) is 30.7 Å². The Bertz CT molecular complexity index is 935. The van der Waals surface area contributed by atoms with Gasteiger partial charge in [-0.3, -0.25) is 24.1 Å². The minimum Gasteiger partial charge on any atom is -0.456 e. The number of nitrogens with one attached hydrogen (secondary N) is 1. The molecule has 7 heteroatoms. The van der Waals surface area contributed by atoms with Gasteiger partial charge in [0.15, 0.2) is 6.61 Å². The van der Waals surface area contributed by atoms with Crippen molar-refractivity contribution in [3.63, 3.8) is 0 Å². The first kappa shape index (κ1) is 21.2.